The molecule has 2 aromatic carbocycles. The van der Waals surface area contributed by atoms with E-state index in [-0.39, 0.29) is 12.4 Å². The number of rotatable bonds is 5. The zero-order valence-electron chi connectivity index (χ0n) is 11.5. The van der Waals surface area contributed by atoms with Crippen molar-refractivity contribution >= 4 is 0 Å². The molecule has 0 aliphatic rings. The summed E-state index contributed by atoms with van der Waals surface area (Å²) >= 11 is 0. The van der Waals surface area contributed by atoms with Crippen LogP contribution in [-0.4, -0.2) is 19.3 Å². The molecule has 0 spiro atoms. The van der Waals surface area contributed by atoms with Crippen molar-refractivity contribution < 1.29 is 19.0 Å². The fourth-order valence-corrected chi connectivity index (χ4v) is 2.11. The first-order valence-corrected chi connectivity index (χ1v) is 6.25. The monoisotopic (exact) mass is 276 g/mol. The highest BCUT2D eigenvalue weighted by atomic mass is 19.1. The first-order chi connectivity index (χ1) is 9.69. The molecule has 3 nitrogen and oxygen atoms in total. The van der Waals surface area contributed by atoms with Gasteiger partial charge < -0.3 is 14.6 Å². The highest BCUT2D eigenvalue weighted by Crippen LogP contribution is 2.30. The molecule has 0 unspecified atom stereocenters. The van der Waals surface area contributed by atoms with Gasteiger partial charge in [0, 0.05) is 12.7 Å². The summed E-state index contributed by atoms with van der Waals surface area (Å²) < 4.78 is 24.5. The summed E-state index contributed by atoms with van der Waals surface area (Å²) in [4.78, 5) is 0. The molecule has 0 saturated carbocycles. The lowest BCUT2D eigenvalue weighted by Gasteiger charge is -2.12. The molecule has 106 valence electrons. The van der Waals surface area contributed by atoms with Gasteiger partial charge in [-0.25, -0.2) is 4.39 Å². The molecule has 2 rings (SSSR count). The lowest BCUT2D eigenvalue weighted by molar-refractivity contribution is 0.185. The minimum Gasteiger partial charge on any atom is -0.497 e. The lowest BCUT2D eigenvalue weighted by atomic mass is 9.98. The van der Waals surface area contributed by atoms with E-state index in [2.05, 4.69) is 0 Å². The quantitative estimate of drug-likeness (QED) is 0.911. The third-order valence-electron chi connectivity index (χ3n) is 3.12. The number of halogens is 1. The molecule has 0 aliphatic carbocycles. The molecular weight excluding hydrogens is 259 g/mol. The average Bonchev–Trinajstić information content (AvgIpc) is 2.47. The molecule has 0 atom stereocenters. The Labute approximate surface area is 117 Å². The Kier molecular flexibility index (Phi) is 4.71. The van der Waals surface area contributed by atoms with E-state index in [4.69, 9.17) is 14.6 Å². The predicted octanol–water partition coefficient (Wildman–Crippen LogP) is 3.14. The minimum absolute atomic E-state index is 0.176. The fraction of sp³-hybridized carbons (Fsp3) is 0.250. The molecule has 0 saturated heterocycles. The molecule has 0 aliphatic heterocycles. The Morgan fingerprint density at radius 1 is 1.05 bits per heavy atom. The van der Waals surface area contributed by atoms with Crippen molar-refractivity contribution in [2.45, 2.75) is 13.2 Å². The summed E-state index contributed by atoms with van der Waals surface area (Å²) in [6, 6.07) is 10.1. The first-order valence-electron chi connectivity index (χ1n) is 6.25. The van der Waals surface area contributed by atoms with Crippen LogP contribution in [0, 0.1) is 5.82 Å². The summed E-state index contributed by atoms with van der Waals surface area (Å²) in [5.74, 6) is 0.340. The third kappa shape index (κ3) is 2.98. The minimum atomic E-state index is -0.362. The van der Waals surface area contributed by atoms with Gasteiger partial charge >= 0.3 is 0 Å². The van der Waals surface area contributed by atoms with Crippen molar-refractivity contribution in [3.63, 3.8) is 0 Å². The molecular formula is C16H17FO3. The maximum Gasteiger partial charge on any atom is 0.131 e. The van der Waals surface area contributed by atoms with E-state index in [1.54, 1.807) is 32.4 Å². The van der Waals surface area contributed by atoms with Crippen molar-refractivity contribution in [2.24, 2.45) is 0 Å². The normalized spacial score (nSPS) is 10.6. The van der Waals surface area contributed by atoms with Gasteiger partial charge in [0.25, 0.3) is 0 Å². The van der Waals surface area contributed by atoms with E-state index in [0.717, 1.165) is 11.1 Å². The van der Waals surface area contributed by atoms with E-state index >= 15 is 0 Å². The maximum atomic E-state index is 14.1. The smallest absolute Gasteiger partial charge is 0.131 e. The van der Waals surface area contributed by atoms with Crippen molar-refractivity contribution in [2.75, 3.05) is 14.2 Å². The highest BCUT2D eigenvalue weighted by Gasteiger charge is 2.11. The molecule has 0 aromatic heterocycles. The predicted molar refractivity (Wildman–Crippen MR) is 75.0 cm³/mol. The number of aliphatic hydroxyl groups excluding tert-OH is 1. The molecule has 0 radical (unpaired) electrons. The van der Waals surface area contributed by atoms with Crippen LogP contribution in [0.2, 0.25) is 0 Å². The highest BCUT2D eigenvalue weighted by molar-refractivity contribution is 5.69. The van der Waals surface area contributed by atoms with Crippen LogP contribution >= 0.6 is 0 Å². The van der Waals surface area contributed by atoms with Crippen molar-refractivity contribution in [3.8, 4) is 16.9 Å². The van der Waals surface area contributed by atoms with E-state index in [1.807, 2.05) is 12.1 Å². The molecule has 4 heteroatoms. The van der Waals surface area contributed by atoms with Crippen molar-refractivity contribution in [3.05, 3.63) is 53.3 Å². The zero-order valence-corrected chi connectivity index (χ0v) is 11.5. The standard InChI is InChI=1S/C16H17FO3/c1-19-10-12-8-13(20-2)4-6-14(12)15-5-3-11(9-18)7-16(15)17/h3-8,18H,9-10H2,1-2H3. The molecule has 0 amide bonds. The second-order valence-corrected chi connectivity index (χ2v) is 4.43. The molecule has 0 fully saturated rings. The Bertz CT molecular complexity index is 596. The first kappa shape index (κ1) is 14.5. The van der Waals surface area contributed by atoms with E-state index in [9.17, 15) is 4.39 Å². The van der Waals surface area contributed by atoms with Gasteiger partial charge in [-0.3, -0.25) is 0 Å². The Balaban J connectivity index is 2.50. The van der Waals surface area contributed by atoms with Crippen LogP contribution in [0.5, 0.6) is 5.75 Å². The lowest BCUT2D eigenvalue weighted by Crippen LogP contribution is -1.96. The van der Waals surface area contributed by atoms with Gasteiger partial charge in [-0.15, -0.1) is 0 Å². The van der Waals surface area contributed by atoms with Crippen molar-refractivity contribution in [1.29, 1.82) is 0 Å². The Hall–Kier alpha value is -1.91. The van der Waals surface area contributed by atoms with Crippen LogP contribution in [0.25, 0.3) is 11.1 Å². The van der Waals surface area contributed by atoms with Gasteiger partial charge in [-0.05, 0) is 34.9 Å². The Morgan fingerprint density at radius 3 is 2.40 bits per heavy atom. The SMILES string of the molecule is COCc1cc(OC)ccc1-c1ccc(CO)cc1F. The maximum absolute atomic E-state index is 14.1. The van der Waals surface area contributed by atoms with Gasteiger partial charge in [0.05, 0.1) is 20.3 Å². The summed E-state index contributed by atoms with van der Waals surface area (Å²) in [6.45, 7) is 0.193. The van der Waals surface area contributed by atoms with Gasteiger partial charge in [0.15, 0.2) is 0 Å². The van der Waals surface area contributed by atoms with Gasteiger partial charge in [0.1, 0.15) is 11.6 Å². The number of aliphatic hydroxyl groups is 1. The molecule has 0 heterocycles. The largest absolute Gasteiger partial charge is 0.497 e. The molecule has 2 aromatic rings. The molecule has 20 heavy (non-hydrogen) atoms. The zero-order chi connectivity index (χ0) is 14.5. The summed E-state index contributed by atoms with van der Waals surface area (Å²) in [7, 11) is 3.18. The average molecular weight is 276 g/mol. The number of hydrogen-bond donors (Lipinski definition) is 1. The second kappa shape index (κ2) is 6.50. The van der Waals surface area contributed by atoms with Gasteiger partial charge in [-0.2, -0.15) is 0 Å². The number of hydrogen-bond acceptors (Lipinski definition) is 3. The van der Waals surface area contributed by atoms with Crippen LogP contribution in [-0.2, 0) is 18.0 Å². The van der Waals surface area contributed by atoms with Gasteiger partial charge in [-0.1, -0.05) is 18.2 Å². The fourth-order valence-electron chi connectivity index (χ4n) is 2.11. The van der Waals surface area contributed by atoms with E-state index in [0.29, 0.717) is 23.5 Å². The van der Waals surface area contributed by atoms with Crippen LogP contribution in [0.3, 0.4) is 0 Å². The topological polar surface area (TPSA) is 38.7 Å². The summed E-state index contributed by atoms with van der Waals surface area (Å²) in [5.41, 5.74) is 2.64. The Morgan fingerprint density at radius 2 is 1.80 bits per heavy atom. The number of methoxy groups -OCH3 is 2. The third-order valence-corrected chi connectivity index (χ3v) is 3.12. The van der Waals surface area contributed by atoms with Crippen LogP contribution in [0.15, 0.2) is 36.4 Å². The summed E-state index contributed by atoms with van der Waals surface area (Å²) in [5, 5.41) is 9.03. The number of benzene rings is 2. The van der Waals surface area contributed by atoms with Crippen molar-refractivity contribution in [1.82, 2.24) is 0 Å². The van der Waals surface area contributed by atoms with Crippen LogP contribution < -0.4 is 4.74 Å². The molecule has 0 bridgehead atoms. The molecule has 1 N–H and O–H groups in total. The van der Waals surface area contributed by atoms with E-state index < -0.39 is 0 Å². The van der Waals surface area contributed by atoms with Crippen LogP contribution in [0.1, 0.15) is 11.1 Å². The number of ether oxygens (including phenoxy) is 2. The van der Waals surface area contributed by atoms with E-state index in [1.165, 1.54) is 6.07 Å². The van der Waals surface area contributed by atoms with Crippen LogP contribution in [0.4, 0.5) is 4.39 Å². The summed E-state index contributed by atoms with van der Waals surface area (Å²) in [6.07, 6.45) is 0. The second-order valence-electron chi connectivity index (χ2n) is 4.43. The van der Waals surface area contributed by atoms with Gasteiger partial charge in [0.2, 0.25) is 0 Å².